The van der Waals surface area contributed by atoms with Crippen LogP contribution < -0.4 is 0 Å². The van der Waals surface area contributed by atoms with Crippen molar-refractivity contribution in [3.63, 3.8) is 0 Å². The minimum absolute atomic E-state index is 0.0322. The van der Waals surface area contributed by atoms with Crippen LogP contribution >= 0.6 is 0 Å². The van der Waals surface area contributed by atoms with Crippen molar-refractivity contribution in [2.75, 3.05) is 0 Å². The first kappa shape index (κ1) is 34.8. The van der Waals surface area contributed by atoms with E-state index in [0.717, 1.165) is 19.5 Å². The number of benzene rings is 5. The SMILES string of the molecule is C[C@H](c1ccccc1)N(Cc1ccccc1)[C@@H](CC(=O)OC(C)(C)C)[C@H](Cc1ccccc1)N(Cc1ccccc1)Cc1ccccc1. The Hall–Kier alpha value is -4.51. The van der Waals surface area contributed by atoms with E-state index in [9.17, 15) is 4.79 Å². The lowest BCUT2D eigenvalue weighted by molar-refractivity contribution is -0.157. The Bertz CT molecular complexity index is 1600. The Morgan fingerprint density at radius 1 is 0.562 bits per heavy atom. The maximum absolute atomic E-state index is 14.0. The maximum Gasteiger partial charge on any atom is 0.307 e. The summed E-state index contributed by atoms with van der Waals surface area (Å²) in [6, 6.07) is 53.3. The number of rotatable bonds is 15. The van der Waals surface area contributed by atoms with E-state index in [-0.39, 0.29) is 30.5 Å². The Morgan fingerprint density at radius 2 is 0.958 bits per heavy atom. The number of ether oxygens (including phenoxy) is 1. The van der Waals surface area contributed by atoms with E-state index in [0.29, 0.717) is 6.54 Å². The van der Waals surface area contributed by atoms with Crippen molar-refractivity contribution in [2.45, 2.75) is 83.9 Å². The Balaban J connectivity index is 1.67. The van der Waals surface area contributed by atoms with Gasteiger partial charge in [0.1, 0.15) is 5.60 Å². The van der Waals surface area contributed by atoms with Gasteiger partial charge in [-0.15, -0.1) is 0 Å². The monoisotopic (exact) mass is 638 g/mol. The molecule has 248 valence electrons. The summed E-state index contributed by atoms with van der Waals surface area (Å²) in [4.78, 5) is 19.1. The van der Waals surface area contributed by atoms with Crippen LogP contribution in [-0.2, 0) is 35.6 Å². The van der Waals surface area contributed by atoms with Gasteiger partial charge in [0.05, 0.1) is 6.42 Å². The summed E-state index contributed by atoms with van der Waals surface area (Å²) in [5, 5.41) is 0. The molecule has 4 nitrogen and oxygen atoms in total. The second kappa shape index (κ2) is 17.1. The Morgan fingerprint density at radius 3 is 1.40 bits per heavy atom. The van der Waals surface area contributed by atoms with Gasteiger partial charge in [0.2, 0.25) is 0 Å². The first-order chi connectivity index (χ1) is 23.2. The average Bonchev–Trinajstić information content (AvgIpc) is 3.10. The van der Waals surface area contributed by atoms with E-state index < -0.39 is 5.60 Å². The molecule has 0 saturated carbocycles. The third-order valence-electron chi connectivity index (χ3n) is 8.87. The van der Waals surface area contributed by atoms with Crippen LogP contribution in [0, 0.1) is 0 Å². The van der Waals surface area contributed by atoms with Gasteiger partial charge in [-0.1, -0.05) is 152 Å². The molecule has 0 spiro atoms. The summed E-state index contributed by atoms with van der Waals surface area (Å²) < 4.78 is 6.09. The highest BCUT2D eigenvalue weighted by Crippen LogP contribution is 2.32. The molecular weight excluding hydrogens is 588 g/mol. The topological polar surface area (TPSA) is 32.8 Å². The molecular formula is C44H50N2O2. The molecule has 0 bridgehead atoms. The van der Waals surface area contributed by atoms with Crippen molar-refractivity contribution < 1.29 is 9.53 Å². The number of carbonyl (C=O) groups excluding carboxylic acids is 1. The summed E-state index contributed by atoms with van der Waals surface area (Å²) in [7, 11) is 0. The zero-order chi connectivity index (χ0) is 33.8. The van der Waals surface area contributed by atoms with Gasteiger partial charge >= 0.3 is 5.97 Å². The van der Waals surface area contributed by atoms with Crippen molar-refractivity contribution in [1.82, 2.24) is 9.80 Å². The third-order valence-corrected chi connectivity index (χ3v) is 8.87. The molecule has 0 radical (unpaired) electrons. The molecule has 0 N–H and O–H groups in total. The predicted molar refractivity (Wildman–Crippen MR) is 197 cm³/mol. The van der Waals surface area contributed by atoms with Crippen LogP contribution in [0.2, 0.25) is 0 Å². The van der Waals surface area contributed by atoms with E-state index in [1.807, 2.05) is 20.8 Å². The van der Waals surface area contributed by atoms with Crippen LogP contribution in [-0.4, -0.2) is 33.5 Å². The fourth-order valence-corrected chi connectivity index (χ4v) is 6.58. The summed E-state index contributed by atoms with van der Waals surface area (Å²) in [6.45, 7) is 10.3. The molecule has 0 unspecified atom stereocenters. The lowest BCUT2D eigenvalue weighted by atomic mass is 9.90. The Labute approximate surface area is 288 Å². The fraction of sp³-hybridized carbons (Fsp3) is 0.295. The van der Waals surface area contributed by atoms with Crippen molar-refractivity contribution in [2.24, 2.45) is 0 Å². The average molecular weight is 639 g/mol. The van der Waals surface area contributed by atoms with Gasteiger partial charge in [-0.05, 0) is 61.9 Å². The van der Waals surface area contributed by atoms with E-state index in [1.54, 1.807) is 0 Å². The molecule has 0 fully saturated rings. The highest BCUT2D eigenvalue weighted by atomic mass is 16.6. The molecule has 5 rings (SSSR count). The first-order valence-electron chi connectivity index (χ1n) is 17.2. The fourth-order valence-electron chi connectivity index (χ4n) is 6.58. The highest BCUT2D eigenvalue weighted by molar-refractivity contribution is 5.70. The van der Waals surface area contributed by atoms with E-state index >= 15 is 0 Å². The summed E-state index contributed by atoms with van der Waals surface area (Å²) in [5.74, 6) is -0.178. The van der Waals surface area contributed by atoms with E-state index in [4.69, 9.17) is 4.74 Å². The highest BCUT2D eigenvalue weighted by Gasteiger charge is 2.37. The number of carbonyl (C=O) groups is 1. The molecule has 3 atom stereocenters. The van der Waals surface area contributed by atoms with Gasteiger partial charge in [-0.2, -0.15) is 0 Å². The van der Waals surface area contributed by atoms with Crippen molar-refractivity contribution in [3.8, 4) is 0 Å². The van der Waals surface area contributed by atoms with Crippen LogP contribution in [0.15, 0.2) is 152 Å². The van der Waals surface area contributed by atoms with Crippen LogP contribution in [0.1, 0.15) is 68.0 Å². The van der Waals surface area contributed by atoms with Crippen LogP contribution in [0.4, 0.5) is 0 Å². The molecule has 4 heteroatoms. The Kier molecular flexibility index (Phi) is 12.4. The quantitative estimate of drug-likeness (QED) is 0.107. The van der Waals surface area contributed by atoms with Gasteiger partial charge in [-0.25, -0.2) is 0 Å². The number of esters is 1. The van der Waals surface area contributed by atoms with Gasteiger partial charge in [0, 0.05) is 37.8 Å². The van der Waals surface area contributed by atoms with Crippen LogP contribution in [0.5, 0.6) is 0 Å². The molecule has 0 aliphatic carbocycles. The van der Waals surface area contributed by atoms with E-state index in [2.05, 4.69) is 168 Å². The summed E-state index contributed by atoms with van der Waals surface area (Å²) >= 11 is 0. The largest absolute Gasteiger partial charge is 0.460 e. The van der Waals surface area contributed by atoms with Crippen molar-refractivity contribution in [1.29, 1.82) is 0 Å². The molecule has 0 aliphatic rings. The molecule has 48 heavy (non-hydrogen) atoms. The normalized spacial score (nSPS) is 13.6. The number of hydrogen-bond acceptors (Lipinski definition) is 4. The lowest BCUT2D eigenvalue weighted by Crippen LogP contribution is -2.54. The van der Waals surface area contributed by atoms with Crippen molar-refractivity contribution in [3.05, 3.63) is 179 Å². The summed E-state index contributed by atoms with van der Waals surface area (Å²) in [5.41, 5.74) is 5.58. The zero-order valence-electron chi connectivity index (χ0n) is 28.9. The van der Waals surface area contributed by atoms with Gasteiger partial charge in [0.15, 0.2) is 0 Å². The second-order valence-electron chi connectivity index (χ2n) is 13.7. The smallest absolute Gasteiger partial charge is 0.307 e. The molecule has 0 heterocycles. The van der Waals surface area contributed by atoms with Gasteiger partial charge in [-0.3, -0.25) is 14.6 Å². The number of nitrogens with zero attached hydrogens (tertiary/aromatic N) is 2. The molecule has 5 aromatic carbocycles. The van der Waals surface area contributed by atoms with E-state index in [1.165, 1.54) is 27.8 Å². The molecule has 0 aromatic heterocycles. The first-order valence-corrected chi connectivity index (χ1v) is 17.2. The van der Waals surface area contributed by atoms with Gasteiger partial charge in [0.25, 0.3) is 0 Å². The minimum atomic E-state index is -0.584. The maximum atomic E-state index is 14.0. The molecule has 5 aromatic rings. The minimum Gasteiger partial charge on any atom is -0.460 e. The molecule has 0 aliphatic heterocycles. The molecule has 0 amide bonds. The predicted octanol–water partition coefficient (Wildman–Crippen LogP) is 9.66. The number of hydrogen-bond donors (Lipinski definition) is 0. The zero-order valence-corrected chi connectivity index (χ0v) is 28.9. The summed E-state index contributed by atoms with van der Waals surface area (Å²) in [6.07, 6.45) is 1.04. The van der Waals surface area contributed by atoms with Gasteiger partial charge < -0.3 is 4.74 Å². The third kappa shape index (κ3) is 10.5. The van der Waals surface area contributed by atoms with Crippen LogP contribution in [0.3, 0.4) is 0 Å². The molecule has 0 saturated heterocycles. The van der Waals surface area contributed by atoms with Crippen LogP contribution in [0.25, 0.3) is 0 Å². The standard InChI is InChI=1S/C44H50N2O2/c1-35(40-28-18-9-19-29-40)46(34-39-26-16-8-17-27-39)42(31-43(47)48-44(2,3)4)41(30-36-20-10-5-11-21-36)45(32-37-22-12-6-13-23-37)33-38-24-14-7-15-25-38/h5-29,35,41-42H,30-34H2,1-4H3/t35-,41+,42+/m1/s1. The van der Waals surface area contributed by atoms with Crippen molar-refractivity contribution >= 4 is 5.97 Å². The second-order valence-corrected chi connectivity index (χ2v) is 13.7. The lowest BCUT2D eigenvalue weighted by Gasteiger charge is -2.45.